The summed E-state index contributed by atoms with van der Waals surface area (Å²) in [5.41, 5.74) is 0.613. The van der Waals surface area contributed by atoms with E-state index in [1.165, 1.54) is 12.1 Å². The fourth-order valence-corrected chi connectivity index (χ4v) is 6.49. The van der Waals surface area contributed by atoms with Gasteiger partial charge in [-0.05, 0) is 76.0 Å². The Labute approximate surface area is 184 Å². The molecule has 1 aromatic carbocycles. The summed E-state index contributed by atoms with van der Waals surface area (Å²) in [5.74, 6) is 1.33. The number of likely N-dealkylation sites (tertiary alicyclic amines) is 1. The molecule has 0 radical (unpaired) electrons. The Morgan fingerprint density at radius 1 is 1.00 bits per heavy atom. The monoisotopic (exact) mass is 427 g/mol. The van der Waals surface area contributed by atoms with Crippen LogP contribution in [0.25, 0.3) is 0 Å². The number of piperazine rings is 1. The Kier molecular flexibility index (Phi) is 5.97. The third kappa shape index (κ3) is 4.22. The standard InChI is InChI=1S/C25H34FN3O2/c1-27-10-12-28(13-11-27)16-22-19-14-21(25(22)31)23(15-19)29-8-6-18(7-9-29)24(30)17-2-4-20(26)5-3-17/h2-5,18-19,21-23H,6-16H2,1H3. The van der Waals surface area contributed by atoms with Crippen LogP contribution >= 0.6 is 0 Å². The molecule has 0 aromatic heterocycles. The molecule has 0 spiro atoms. The Morgan fingerprint density at radius 2 is 1.68 bits per heavy atom. The maximum atomic E-state index is 13.2. The van der Waals surface area contributed by atoms with Crippen molar-refractivity contribution >= 4 is 11.6 Å². The number of ketones is 2. The zero-order valence-corrected chi connectivity index (χ0v) is 18.5. The van der Waals surface area contributed by atoms with Crippen molar-refractivity contribution in [3.05, 3.63) is 35.6 Å². The highest BCUT2D eigenvalue weighted by Gasteiger charge is 2.54. The van der Waals surface area contributed by atoms with E-state index < -0.39 is 0 Å². The summed E-state index contributed by atoms with van der Waals surface area (Å²) in [6, 6.07) is 6.30. The highest BCUT2D eigenvalue weighted by Crippen LogP contribution is 2.49. The summed E-state index contributed by atoms with van der Waals surface area (Å²) < 4.78 is 13.1. The number of fused-ring (bicyclic) bond motifs is 2. The molecule has 0 N–H and O–H groups in total. The van der Waals surface area contributed by atoms with Crippen LogP contribution in [0.4, 0.5) is 4.39 Å². The zero-order chi connectivity index (χ0) is 21.5. The van der Waals surface area contributed by atoms with Crippen molar-refractivity contribution in [2.24, 2.45) is 23.7 Å². The number of carbonyl (C=O) groups is 2. The molecule has 2 saturated heterocycles. The van der Waals surface area contributed by atoms with E-state index in [0.29, 0.717) is 23.3 Å². The van der Waals surface area contributed by atoms with Crippen molar-refractivity contribution in [3.8, 4) is 0 Å². The Morgan fingerprint density at radius 3 is 2.32 bits per heavy atom. The topological polar surface area (TPSA) is 43.9 Å². The van der Waals surface area contributed by atoms with Gasteiger partial charge in [-0.25, -0.2) is 4.39 Å². The van der Waals surface area contributed by atoms with E-state index in [4.69, 9.17) is 0 Å². The first-order valence-corrected chi connectivity index (χ1v) is 12.0. The van der Waals surface area contributed by atoms with Crippen molar-refractivity contribution in [1.29, 1.82) is 0 Å². The van der Waals surface area contributed by atoms with Gasteiger partial charge in [-0.1, -0.05) is 0 Å². The number of hydrogen-bond donors (Lipinski definition) is 0. The molecular formula is C25H34FN3O2. The molecule has 5 nitrogen and oxygen atoms in total. The van der Waals surface area contributed by atoms with Crippen LogP contribution in [0.5, 0.6) is 0 Å². The zero-order valence-electron chi connectivity index (χ0n) is 18.5. The lowest BCUT2D eigenvalue weighted by Gasteiger charge is -2.41. The minimum absolute atomic E-state index is 0.0148. The van der Waals surface area contributed by atoms with Gasteiger partial charge in [-0.2, -0.15) is 0 Å². The number of benzene rings is 1. The maximum absolute atomic E-state index is 13.2. The van der Waals surface area contributed by atoms with Gasteiger partial charge < -0.3 is 9.80 Å². The molecular weight excluding hydrogens is 393 g/mol. The van der Waals surface area contributed by atoms with Crippen molar-refractivity contribution < 1.29 is 14.0 Å². The summed E-state index contributed by atoms with van der Waals surface area (Å²) >= 11 is 0. The van der Waals surface area contributed by atoms with Gasteiger partial charge in [-0.15, -0.1) is 0 Å². The van der Waals surface area contributed by atoms with Gasteiger partial charge in [-0.3, -0.25) is 14.5 Å². The van der Waals surface area contributed by atoms with Crippen molar-refractivity contribution in [3.63, 3.8) is 0 Å². The highest BCUT2D eigenvalue weighted by molar-refractivity contribution is 5.97. The largest absolute Gasteiger partial charge is 0.304 e. The maximum Gasteiger partial charge on any atom is 0.166 e. The average molecular weight is 428 g/mol. The number of rotatable bonds is 5. The lowest BCUT2D eigenvalue weighted by atomic mass is 9.82. The Bertz CT molecular complexity index is 813. The number of halogens is 1. The predicted octanol–water partition coefficient (Wildman–Crippen LogP) is 2.56. The lowest BCUT2D eigenvalue weighted by Crippen LogP contribution is -2.51. The van der Waals surface area contributed by atoms with E-state index in [9.17, 15) is 14.0 Å². The normalized spacial score (nSPS) is 33.3. The number of carbonyl (C=O) groups excluding carboxylic acids is 2. The molecule has 0 amide bonds. The number of likely N-dealkylation sites (N-methyl/N-ethyl adjacent to an activating group) is 1. The van der Waals surface area contributed by atoms with E-state index in [2.05, 4.69) is 21.7 Å². The summed E-state index contributed by atoms with van der Waals surface area (Å²) in [6.07, 6.45) is 3.88. The second-order valence-electron chi connectivity index (χ2n) is 10.2. The quantitative estimate of drug-likeness (QED) is 0.676. The van der Waals surface area contributed by atoms with Gasteiger partial charge in [0.25, 0.3) is 0 Å². The molecule has 2 aliphatic carbocycles. The minimum atomic E-state index is -0.307. The highest BCUT2D eigenvalue weighted by atomic mass is 19.1. The number of piperidine rings is 1. The Hall–Kier alpha value is -1.63. The summed E-state index contributed by atoms with van der Waals surface area (Å²) in [7, 11) is 2.17. The molecule has 2 saturated carbocycles. The van der Waals surface area contributed by atoms with Crippen molar-refractivity contribution in [2.45, 2.75) is 31.7 Å². The summed E-state index contributed by atoms with van der Waals surface area (Å²) in [5, 5.41) is 0. The molecule has 2 heterocycles. The first-order valence-electron chi connectivity index (χ1n) is 12.0. The average Bonchev–Trinajstić information content (AvgIpc) is 3.35. The summed E-state index contributed by atoms with van der Waals surface area (Å²) in [6.45, 7) is 7.10. The van der Waals surface area contributed by atoms with Gasteiger partial charge in [0.2, 0.25) is 0 Å². The second-order valence-corrected chi connectivity index (χ2v) is 10.2. The van der Waals surface area contributed by atoms with Crippen molar-refractivity contribution in [1.82, 2.24) is 14.7 Å². The van der Waals surface area contributed by atoms with E-state index >= 15 is 0 Å². The van der Waals surface area contributed by atoms with Crippen LogP contribution in [0.3, 0.4) is 0 Å². The molecule has 2 bridgehead atoms. The molecule has 4 aliphatic rings. The van der Waals surface area contributed by atoms with Crippen LogP contribution in [0.2, 0.25) is 0 Å². The first kappa shape index (κ1) is 21.2. The molecule has 4 atom stereocenters. The first-order chi connectivity index (χ1) is 15.0. The van der Waals surface area contributed by atoms with Gasteiger partial charge in [0.15, 0.2) is 5.78 Å². The van der Waals surface area contributed by atoms with Crippen LogP contribution < -0.4 is 0 Å². The molecule has 6 heteroatoms. The van der Waals surface area contributed by atoms with E-state index in [1.807, 2.05) is 0 Å². The smallest absolute Gasteiger partial charge is 0.166 e. The van der Waals surface area contributed by atoms with E-state index in [0.717, 1.165) is 71.5 Å². The molecule has 4 unspecified atom stereocenters. The fraction of sp³-hybridized carbons (Fsp3) is 0.680. The molecule has 1 aromatic rings. The third-order valence-electron chi connectivity index (χ3n) is 8.41. The molecule has 4 fully saturated rings. The van der Waals surface area contributed by atoms with Gasteiger partial charge >= 0.3 is 0 Å². The van der Waals surface area contributed by atoms with Gasteiger partial charge in [0.1, 0.15) is 11.6 Å². The number of hydrogen-bond acceptors (Lipinski definition) is 5. The lowest BCUT2D eigenvalue weighted by molar-refractivity contribution is -0.129. The Balaban J connectivity index is 1.14. The van der Waals surface area contributed by atoms with Crippen molar-refractivity contribution in [2.75, 3.05) is 52.9 Å². The fourth-order valence-electron chi connectivity index (χ4n) is 6.49. The number of nitrogens with zero attached hydrogens (tertiary/aromatic N) is 3. The third-order valence-corrected chi connectivity index (χ3v) is 8.41. The molecule has 2 aliphatic heterocycles. The molecule has 168 valence electrons. The molecule has 31 heavy (non-hydrogen) atoms. The summed E-state index contributed by atoms with van der Waals surface area (Å²) in [4.78, 5) is 33.3. The second kappa shape index (κ2) is 8.72. The van der Waals surface area contributed by atoms with Crippen LogP contribution in [0.1, 0.15) is 36.0 Å². The van der Waals surface area contributed by atoms with Crippen LogP contribution in [-0.4, -0.2) is 85.2 Å². The van der Waals surface area contributed by atoms with Gasteiger partial charge in [0.05, 0.1) is 0 Å². The minimum Gasteiger partial charge on any atom is -0.304 e. The number of Topliss-reactive ketones (excluding diaryl/α,β-unsaturated/α-hetero) is 2. The van der Waals surface area contributed by atoms with Crippen LogP contribution in [0.15, 0.2) is 24.3 Å². The van der Waals surface area contributed by atoms with E-state index in [1.54, 1.807) is 12.1 Å². The molecule has 5 rings (SSSR count). The SMILES string of the molecule is CN1CCN(CC2C(=O)C3CC2CC3N2CCC(C(=O)c3ccc(F)cc3)CC2)CC1. The van der Waals surface area contributed by atoms with Crippen LogP contribution in [0, 0.1) is 29.5 Å². The van der Waals surface area contributed by atoms with Crippen LogP contribution in [-0.2, 0) is 4.79 Å². The van der Waals surface area contributed by atoms with E-state index in [-0.39, 0.29) is 29.4 Å². The predicted molar refractivity (Wildman–Crippen MR) is 117 cm³/mol. The van der Waals surface area contributed by atoms with Gasteiger partial charge in [0, 0.05) is 62.1 Å².